The maximum Gasteiger partial charge on any atom is 0.200 e. The van der Waals surface area contributed by atoms with Crippen molar-refractivity contribution >= 4 is 17.4 Å². The Hall–Kier alpha value is -1.76. The highest BCUT2D eigenvalue weighted by Gasteiger charge is 2.26. The van der Waals surface area contributed by atoms with E-state index in [0.29, 0.717) is 16.7 Å². The van der Waals surface area contributed by atoms with E-state index in [9.17, 15) is 22.0 Å². The third-order valence-electron chi connectivity index (χ3n) is 3.70. The molecule has 0 amide bonds. The van der Waals surface area contributed by atoms with Gasteiger partial charge in [0.05, 0.1) is 4.90 Å². The molecule has 1 fully saturated rings. The Bertz CT molecular complexity index is 697. The number of anilines is 1. The maximum atomic E-state index is 13.7. The molecule has 23 heavy (non-hydrogen) atoms. The standard InChI is InChI=1S/C16H12F5NS/c17-11-12(18)14(20)16(15(21)13(11)19)23-10-5-3-9(4-6-10)22-7-1-2-8-22/h3-6H,1-2,7-8H2. The third-order valence-corrected chi connectivity index (χ3v) is 4.77. The van der Waals surface area contributed by atoms with E-state index in [1.165, 1.54) is 0 Å². The molecule has 1 heterocycles. The average molecular weight is 345 g/mol. The largest absolute Gasteiger partial charge is 0.372 e. The summed E-state index contributed by atoms with van der Waals surface area (Å²) in [5, 5.41) is 0. The highest BCUT2D eigenvalue weighted by Crippen LogP contribution is 2.36. The fourth-order valence-corrected chi connectivity index (χ4v) is 3.36. The van der Waals surface area contributed by atoms with Crippen molar-refractivity contribution in [2.75, 3.05) is 18.0 Å². The van der Waals surface area contributed by atoms with Gasteiger partial charge in [0, 0.05) is 23.7 Å². The average Bonchev–Trinajstić information content (AvgIpc) is 3.10. The van der Waals surface area contributed by atoms with Gasteiger partial charge >= 0.3 is 0 Å². The zero-order chi connectivity index (χ0) is 16.6. The van der Waals surface area contributed by atoms with Crippen molar-refractivity contribution in [3.63, 3.8) is 0 Å². The van der Waals surface area contributed by atoms with E-state index < -0.39 is 34.0 Å². The van der Waals surface area contributed by atoms with Gasteiger partial charge in [-0.25, -0.2) is 22.0 Å². The molecular weight excluding hydrogens is 333 g/mol. The van der Waals surface area contributed by atoms with Crippen LogP contribution in [0, 0.1) is 29.1 Å². The van der Waals surface area contributed by atoms with Crippen LogP contribution in [0.25, 0.3) is 0 Å². The number of hydrogen-bond acceptors (Lipinski definition) is 2. The van der Waals surface area contributed by atoms with Gasteiger partial charge in [0.25, 0.3) is 0 Å². The number of hydrogen-bond donors (Lipinski definition) is 0. The molecule has 122 valence electrons. The summed E-state index contributed by atoms with van der Waals surface area (Å²) in [4.78, 5) is 1.68. The van der Waals surface area contributed by atoms with Gasteiger partial charge in [-0.3, -0.25) is 0 Å². The molecule has 0 N–H and O–H groups in total. The minimum Gasteiger partial charge on any atom is -0.372 e. The lowest BCUT2D eigenvalue weighted by Crippen LogP contribution is -2.17. The van der Waals surface area contributed by atoms with E-state index in [0.717, 1.165) is 31.6 Å². The molecule has 0 radical (unpaired) electrons. The van der Waals surface area contributed by atoms with Crippen molar-refractivity contribution < 1.29 is 22.0 Å². The van der Waals surface area contributed by atoms with Gasteiger partial charge in [-0.05, 0) is 37.1 Å². The second kappa shape index (κ2) is 6.39. The molecule has 3 rings (SSSR count). The summed E-state index contributed by atoms with van der Waals surface area (Å²) in [5.41, 5.74) is 0.976. The Labute approximate surface area is 134 Å². The first-order valence-electron chi connectivity index (χ1n) is 7.03. The fraction of sp³-hybridized carbons (Fsp3) is 0.250. The van der Waals surface area contributed by atoms with Crippen LogP contribution in [0.4, 0.5) is 27.6 Å². The summed E-state index contributed by atoms with van der Waals surface area (Å²) in [7, 11) is 0. The third kappa shape index (κ3) is 3.02. The molecule has 0 aromatic heterocycles. The minimum absolute atomic E-state index is 0.399. The Morgan fingerprint density at radius 3 is 1.70 bits per heavy atom. The Balaban J connectivity index is 1.87. The molecule has 2 aromatic carbocycles. The number of rotatable bonds is 3. The van der Waals surface area contributed by atoms with Crippen LogP contribution in [0.1, 0.15) is 12.8 Å². The molecule has 0 saturated carbocycles. The van der Waals surface area contributed by atoms with Gasteiger partial charge in [-0.15, -0.1) is 0 Å². The van der Waals surface area contributed by atoms with E-state index >= 15 is 0 Å². The molecule has 0 atom stereocenters. The monoisotopic (exact) mass is 345 g/mol. The molecular formula is C16H12F5NS. The first kappa shape index (κ1) is 16.1. The second-order valence-electron chi connectivity index (χ2n) is 5.19. The van der Waals surface area contributed by atoms with Crippen molar-refractivity contribution in [3.05, 3.63) is 53.4 Å². The SMILES string of the molecule is Fc1c(F)c(F)c(Sc2ccc(N3CCCC3)cc2)c(F)c1F. The van der Waals surface area contributed by atoms with Gasteiger partial charge in [-0.2, -0.15) is 0 Å². The molecule has 0 spiro atoms. The normalized spacial score (nSPS) is 14.6. The van der Waals surface area contributed by atoms with Gasteiger partial charge in [-0.1, -0.05) is 11.8 Å². The van der Waals surface area contributed by atoms with Gasteiger partial charge in [0.2, 0.25) is 5.82 Å². The quantitative estimate of drug-likeness (QED) is 0.431. The van der Waals surface area contributed by atoms with Crippen LogP contribution in [-0.2, 0) is 0 Å². The first-order chi connectivity index (χ1) is 11.0. The van der Waals surface area contributed by atoms with Crippen LogP contribution in [0.5, 0.6) is 0 Å². The summed E-state index contributed by atoms with van der Waals surface area (Å²) >= 11 is 0.514. The Kier molecular flexibility index (Phi) is 4.48. The second-order valence-corrected chi connectivity index (χ2v) is 6.27. The molecule has 0 unspecified atom stereocenters. The highest BCUT2D eigenvalue weighted by atomic mass is 32.2. The topological polar surface area (TPSA) is 3.24 Å². The fourth-order valence-electron chi connectivity index (χ4n) is 2.49. The van der Waals surface area contributed by atoms with Gasteiger partial charge < -0.3 is 4.90 Å². The van der Waals surface area contributed by atoms with E-state index in [1.54, 1.807) is 24.3 Å². The smallest absolute Gasteiger partial charge is 0.200 e. The van der Waals surface area contributed by atoms with Crippen LogP contribution in [-0.4, -0.2) is 13.1 Å². The summed E-state index contributed by atoms with van der Waals surface area (Å²) in [6, 6.07) is 6.77. The molecule has 1 saturated heterocycles. The van der Waals surface area contributed by atoms with Crippen LogP contribution in [0.2, 0.25) is 0 Å². The van der Waals surface area contributed by atoms with Gasteiger partial charge in [0.15, 0.2) is 23.3 Å². The van der Waals surface area contributed by atoms with E-state index in [-0.39, 0.29) is 0 Å². The number of nitrogens with zero attached hydrogens (tertiary/aromatic N) is 1. The van der Waals surface area contributed by atoms with Crippen LogP contribution in [0.3, 0.4) is 0 Å². The Morgan fingerprint density at radius 2 is 1.17 bits per heavy atom. The van der Waals surface area contributed by atoms with Crippen LogP contribution >= 0.6 is 11.8 Å². The lowest BCUT2D eigenvalue weighted by atomic mass is 10.3. The van der Waals surface area contributed by atoms with Crippen molar-refractivity contribution in [3.8, 4) is 0 Å². The van der Waals surface area contributed by atoms with E-state index in [1.807, 2.05) is 0 Å². The minimum atomic E-state index is -2.14. The maximum absolute atomic E-state index is 13.7. The van der Waals surface area contributed by atoms with Crippen LogP contribution < -0.4 is 4.90 Å². The molecule has 0 bridgehead atoms. The molecule has 1 nitrogen and oxygen atoms in total. The summed E-state index contributed by atoms with van der Waals surface area (Å²) in [6.45, 7) is 1.90. The zero-order valence-electron chi connectivity index (χ0n) is 11.9. The lowest BCUT2D eigenvalue weighted by molar-refractivity contribution is 0.361. The van der Waals surface area contributed by atoms with E-state index in [4.69, 9.17) is 0 Å². The Morgan fingerprint density at radius 1 is 0.696 bits per heavy atom. The molecule has 7 heteroatoms. The van der Waals surface area contributed by atoms with Gasteiger partial charge in [0.1, 0.15) is 0 Å². The molecule has 1 aliphatic rings. The first-order valence-corrected chi connectivity index (χ1v) is 7.85. The van der Waals surface area contributed by atoms with Crippen molar-refractivity contribution in [2.24, 2.45) is 0 Å². The van der Waals surface area contributed by atoms with Crippen molar-refractivity contribution in [1.29, 1.82) is 0 Å². The van der Waals surface area contributed by atoms with Crippen molar-refractivity contribution in [1.82, 2.24) is 0 Å². The summed E-state index contributed by atoms with van der Waals surface area (Å²) in [6.07, 6.45) is 2.22. The van der Waals surface area contributed by atoms with E-state index in [2.05, 4.69) is 4.90 Å². The lowest BCUT2D eigenvalue weighted by Gasteiger charge is -2.17. The number of halogens is 5. The van der Waals surface area contributed by atoms with Crippen molar-refractivity contribution in [2.45, 2.75) is 22.6 Å². The molecule has 0 aliphatic carbocycles. The highest BCUT2D eigenvalue weighted by molar-refractivity contribution is 7.99. The molecule has 1 aliphatic heterocycles. The number of benzene rings is 2. The predicted molar refractivity (Wildman–Crippen MR) is 78.2 cm³/mol. The van der Waals surface area contributed by atoms with Crippen LogP contribution in [0.15, 0.2) is 34.1 Å². The summed E-state index contributed by atoms with van der Waals surface area (Å²) < 4.78 is 66.7. The molecule has 2 aromatic rings. The zero-order valence-corrected chi connectivity index (χ0v) is 12.7. The summed E-state index contributed by atoms with van der Waals surface area (Å²) in [5.74, 6) is -9.63. The predicted octanol–water partition coefficient (Wildman–Crippen LogP) is 5.13.